The highest BCUT2D eigenvalue weighted by molar-refractivity contribution is 6.68. The summed E-state index contributed by atoms with van der Waals surface area (Å²) in [5, 5.41) is -0.670. The minimum Gasteiger partial charge on any atom is -0.493 e. The smallest absolute Gasteiger partial charge is 0.348 e. The number of halogens is 1. The lowest BCUT2D eigenvalue weighted by molar-refractivity contribution is 0.108. The molecule has 1 aliphatic carbocycles. The van der Waals surface area contributed by atoms with Gasteiger partial charge >= 0.3 is 5.63 Å². The molecule has 3 aromatic rings. The average molecular weight is 361 g/mol. The molecular formula is C18H13ClO6. The SMILES string of the molecule is COc1cc2c(cc1OC)-c1oc(=O)c3c(C(=O)Cl)coc3c1CC2. The van der Waals surface area contributed by atoms with Gasteiger partial charge in [-0.15, -0.1) is 0 Å². The van der Waals surface area contributed by atoms with Gasteiger partial charge in [0.1, 0.15) is 23.0 Å². The number of methoxy groups -OCH3 is 2. The van der Waals surface area contributed by atoms with Gasteiger partial charge in [0.2, 0.25) is 0 Å². The van der Waals surface area contributed by atoms with Gasteiger partial charge in [-0.25, -0.2) is 4.79 Å². The molecule has 25 heavy (non-hydrogen) atoms. The molecule has 6 nitrogen and oxygen atoms in total. The van der Waals surface area contributed by atoms with Crippen molar-refractivity contribution in [1.82, 2.24) is 0 Å². The van der Waals surface area contributed by atoms with Gasteiger partial charge in [-0.2, -0.15) is 0 Å². The predicted molar refractivity (Wildman–Crippen MR) is 90.9 cm³/mol. The summed E-state index contributed by atoms with van der Waals surface area (Å²) < 4.78 is 21.7. The van der Waals surface area contributed by atoms with Gasteiger partial charge in [-0.1, -0.05) is 0 Å². The molecule has 128 valence electrons. The second kappa shape index (κ2) is 5.67. The Labute approximate surface area is 146 Å². The summed E-state index contributed by atoms with van der Waals surface area (Å²) in [6, 6.07) is 3.65. The Morgan fingerprint density at radius 3 is 2.56 bits per heavy atom. The van der Waals surface area contributed by atoms with Crippen molar-refractivity contribution >= 4 is 27.8 Å². The van der Waals surface area contributed by atoms with Gasteiger partial charge in [-0.3, -0.25) is 4.79 Å². The summed E-state index contributed by atoms with van der Waals surface area (Å²) in [5.74, 6) is 1.57. The molecule has 2 aromatic heterocycles. The summed E-state index contributed by atoms with van der Waals surface area (Å²) in [6.45, 7) is 0. The molecule has 0 fully saturated rings. The largest absolute Gasteiger partial charge is 0.493 e. The molecule has 0 atom stereocenters. The lowest BCUT2D eigenvalue weighted by Gasteiger charge is -2.20. The van der Waals surface area contributed by atoms with Crippen LogP contribution in [0.3, 0.4) is 0 Å². The van der Waals surface area contributed by atoms with E-state index in [-0.39, 0.29) is 10.9 Å². The molecule has 0 unspecified atom stereocenters. The van der Waals surface area contributed by atoms with Crippen LogP contribution in [0.5, 0.6) is 11.5 Å². The van der Waals surface area contributed by atoms with Crippen molar-refractivity contribution in [1.29, 1.82) is 0 Å². The van der Waals surface area contributed by atoms with E-state index in [1.165, 1.54) is 13.4 Å². The average Bonchev–Trinajstić information content (AvgIpc) is 3.06. The summed E-state index contributed by atoms with van der Waals surface area (Å²) in [4.78, 5) is 23.9. The van der Waals surface area contributed by atoms with Crippen LogP contribution in [-0.4, -0.2) is 19.5 Å². The van der Waals surface area contributed by atoms with Gasteiger partial charge in [0.05, 0.1) is 19.8 Å². The summed E-state index contributed by atoms with van der Waals surface area (Å²) in [5.41, 5.74) is 2.16. The van der Waals surface area contributed by atoms with Crippen molar-refractivity contribution in [2.24, 2.45) is 0 Å². The van der Waals surface area contributed by atoms with Crippen molar-refractivity contribution in [2.75, 3.05) is 14.2 Å². The third-order valence-electron chi connectivity index (χ3n) is 4.45. The summed E-state index contributed by atoms with van der Waals surface area (Å²) in [6.07, 6.45) is 2.50. The molecule has 0 bridgehead atoms. The van der Waals surface area contributed by atoms with E-state index in [1.54, 1.807) is 13.2 Å². The zero-order valence-corrected chi connectivity index (χ0v) is 14.2. The number of rotatable bonds is 3. The first kappa shape index (κ1) is 15.8. The van der Waals surface area contributed by atoms with Crippen LogP contribution in [0.25, 0.3) is 22.3 Å². The molecule has 0 saturated heterocycles. The molecule has 0 saturated carbocycles. The highest BCUT2D eigenvalue weighted by Crippen LogP contribution is 2.42. The standard InChI is InChI=1S/C18H13ClO6/c1-22-12-5-8-3-4-9-15(10(8)6-13(12)23-2)25-18(21)14-11(17(19)20)7-24-16(9)14/h5-7H,3-4H2,1-2H3. The molecule has 0 N–H and O–H groups in total. The third-order valence-corrected chi connectivity index (χ3v) is 4.65. The Hall–Kier alpha value is -2.73. The molecule has 0 aliphatic heterocycles. The topological polar surface area (TPSA) is 78.9 Å². The molecule has 7 heteroatoms. The van der Waals surface area contributed by atoms with Crippen LogP contribution in [0.4, 0.5) is 0 Å². The number of furan rings is 1. The number of fused-ring (bicyclic) bond motifs is 5. The number of hydrogen-bond acceptors (Lipinski definition) is 6. The predicted octanol–water partition coefficient (Wildman–Crippen LogP) is 3.55. The van der Waals surface area contributed by atoms with E-state index in [2.05, 4.69) is 0 Å². The first-order valence-corrected chi connectivity index (χ1v) is 7.95. The lowest BCUT2D eigenvalue weighted by Crippen LogP contribution is -2.11. The van der Waals surface area contributed by atoms with Crippen LogP contribution in [0.1, 0.15) is 21.5 Å². The highest BCUT2D eigenvalue weighted by atomic mass is 35.5. The highest BCUT2D eigenvalue weighted by Gasteiger charge is 2.28. The Morgan fingerprint density at radius 2 is 1.88 bits per heavy atom. The minimum atomic E-state index is -0.756. The van der Waals surface area contributed by atoms with E-state index in [1.807, 2.05) is 6.07 Å². The van der Waals surface area contributed by atoms with E-state index in [0.29, 0.717) is 35.7 Å². The van der Waals surface area contributed by atoms with Crippen LogP contribution in [0, 0.1) is 0 Å². The monoisotopic (exact) mass is 360 g/mol. The second-order valence-electron chi connectivity index (χ2n) is 5.69. The van der Waals surface area contributed by atoms with Crippen LogP contribution in [-0.2, 0) is 12.8 Å². The molecule has 1 aromatic carbocycles. The fourth-order valence-electron chi connectivity index (χ4n) is 3.28. The van der Waals surface area contributed by atoms with Crippen molar-refractivity contribution < 1.29 is 23.1 Å². The van der Waals surface area contributed by atoms with Crippen LogP contribution in [0.15, 0.2) is 32.0 Å². The normalized spacial score (nSPS) is 12.6. The molecule has 0 radical (unpaired) electrons. The molecule has 1 aliphatic rings. The maximum atomic E-state index is 12.4. The number of hydrogen-bond donors (Lipinski definition) is 0. The van der Waals surface area contributed by atoms with E-state index < -0.39 is 10.9 Å². The van der Waals surface area contributed by atoms with E-state index in [4.69, 9.17) is 29.9 Å². The Balaban J connectivity index is 2.03. The lowest BCUT2D eigenvalue weighted by atomic mass is 9.88. The van der Waals surface area contributed by atoms with Crippen molar-refractivity contribution in [2.45, 2.75) is 12.8 Å². The van der Waals surface area contributed by atoms with Gasteiger partial charge in [0.25, 0.3) is 5.24 Å². The Morgan fingerprint density at radius 1 is 1.16 bits per heavy atom. The maximum absolute atomic E-state index is 12.4. The first-order chi connectivity index (χ1) is 12.0. The van der Waals surface area contributed by atoms with Crippen molar-refractivity contribution in [3.63, 3.8) is 0 Å². The summed E-state index contributed by atoms with van der Waals surface area (Å²) >= 11 is 5.52. The maximum Gasteiger partial charge on any atom is 0.348 e. The fraction of sp³-hybridized carbons (Fsp3) is 0.222. The molecular weight excluding hydrogens is 348 g/mol. The van der Waals surface area contributed by atoms with Gasteiger partial charge in [-0.05, 0) is 42.1 Å². The second-order valence-corrected chi connectivity index (χ2v) is 6.03. The van der Waals surface area contributed by atoms with Crippen LogP contribution < -0.4 is 15.1 Å². The Bertz CT molecular complexity index is 1080. The number of benzene rings is 1. The van der Waals surface area contributed by atoms with Crippen LogP contribution in [0.2, 0.25) is 0 Å². The third kappa shape index (κ3) is 2.25. The molecule has 0 amide bonds. The van der Waals surface area contributed by atoms with E-state index in [9.17, 15) is 9.59 Å². The minimum absolute atomic E-state index is 0.0197. The summed E-state index contributed by atoms with van der Waals surface area (Å²) in [7, 11) is 3.11. The number of carbonyl (C=O) groups excluding carboxylic acids is 1. The fourth-order valence-corrected chi connectivity index (χ4v) is 3.42. The first-order valence-electron chi connectivity index (χ1n) is 7.57. The van der Waals surface area contributed by atoms with Crippen molar-refractivity contribution in [3.05, 3.63) is 45.5 Å². The van der Waals surface area contributed by atoms with Crippen LogP contribution >= 0.6 is 11.6 Å². The molecule has 4 rings (SSSR count). The van der Waals surface area contributed by atoms with Gasteiger partial charge in [0, 0.05) is 11.1 Å². The zero-order valence-electron chi connectivity index (χ0n) is 13.5. The van der Waals surface area contributed by atoms with Crippen molar-refractivity contribution in [3.8, 4) is 22.8 Å². The number of carbonyl (C=O) groups is 1. The molecule has 0 spiro atoms. The number of ether oxygens (including phenoxy) is 2. The molecule has 2 heterocycles. The number of aryl methyl sites for hydroxylation is 2. The Kier molecular flexibility index (Phi) is 3.58. The quantitative estimate of drug-likeness (QED) is 0.665. The van der Waals surface area contributed by atoms with E-state index >= 15 is 0 Å². The van der Waals surface area contributed by atoms with Gasteiger partial charge in [0.15, 0.2) is 11.5 Å². The van der Waals surface area contributed by atoms with E-state index in [0.717, 1.165) is 16.7 Å². The zero-order chi connectivity index (χ0) is 17.7. The van der Waals surface area contributed by atoms with Gasteiger partial charge < -0.3 is 18.3 Å².